The summed E-state index contributed by atoms with van der Waals surface area (Å²) in [7, 11) is 0. The molecule has 2 aliphatic heterocycles. The van der Waals surface area contributed by atoms with Crippen LogP contribution in [-0.4, -0.2) is 33.9 Å². The fourth-order valence-corrected chi connectivity index (χ4v) is 2.82. The standard InChI is InChI=1S/C14H17ClN2O2/c15-13-5-4-10(8-16-13)9-17-6-2-1-3-12-11(17)7-14(18)19-12/h4-5,7-8,12,14,18H,1-3,6,9H2. The van der Waals surface area contributed by atoms with Crippen LogP contribution in [0.3, 0.4) is 0 Å². The Morgan fingerprint density at radius 3 is 3.11 bits per heavy atom. The SMILES string of the molecule is OC1C=C2C(CCCCN2Cc2ccc(Cl)nc2)O1. The van der Waals surface area contributed by atoms with Crippen LogP contribution in [0.2, 0.25) is 5.15 Å². The van der Waals surface area contributed by atoms with Crippen molar-refractivity contribution in [3.8, 4) is 0 Å². The molecule has 3 heterocycles. The van der Waals surface area contributed by atoms with Crippen molar-refractivity contribution < 1.29 is 9.84 Å². The number of fused-ring (bicyclic) bond motifs is 1. The molecular weight excluding hydrogens is 264 g/mol. The molecule has 1 aromatic rings. The zero-order valence-electron chi connectivity index (χ0n) is 10.6. The Morgan fingerprint density at radius 2 is 2.32 bits per heavy atom. The molecule has 1 aromatic heterocycles. The highest BCUT2D eigenvalue weighted by Gasteiger charge is 2.31. The van der Waals surface area contributed by atoms with Gasteiger partial charge in [0.15, 0.2) is 6.29 Å². The zero-order chi connectivity index (χ0) is 13.2. The maximum Gasteiger partial charge on any atom is 0.177 e. The number of aliphatic hydroxyl groups excluding tert-OH is 1. The van der Waals surface area contributed by atoms with Crippen LogP contribution in [0.5, 0.6) is 0 Å². The van der Waals surface area contributed by atoms with Crippen LogP contribution in [0, 0.1) is 0 Å². The van der Waals surface area contributed by atoms with E-state index in [1.807, 2.05) is 12.1 Å². The van der Waals surface area contributed by atoms with E-state index in [-0.39, 0.29) is 6.10 Å². The third-order valence-corrected chi connectivity index (χ3v) is 3.84. The van der Waals surface area contributed by atoms with Gasteiger partial charge in [-0.25, -0.2) is 4.98 Å². The number of likely N-dealkylation sites (tertiary alicyclic amines) is 1. The van der Waals surface area contributed by atoms with Crippen LogP contribution in [0.4, 0.5) is 0 Å². The van der Waals surface area contributed by atoms with Gasteiger partial charge in [0.25, 0.3) is 0 Å². The van der Waals surface area contributed by atoms with Crippen LogP contribution in [0.25, 0.3) is 0 Å². The topological polar surface area (TPSA) is 45.6 Å². The van der Waals surface area contributed by atoms with Gasteiger partial charge in [0.1, 0.15) is 11.3 Å². The van der Waals surface area contributed by atoms with E-state index in [1.165, 1.54) is 0 Å². The largest absolute Gasteiger partial charge is 0.368 e. The molecule has 3 rings (SSSR count). The molecule has 2 unspecified atom stereocenters. The summed E-state index contributed by atoms with van der Waals surface area (Å²) in [5.74, 6) is 0. The maximum atomic E-state index is 9.62. The second kappa shape index (κ2) is 5.49. The molecule has 0 amide bonds. The lowest BCUT2D eigenvalue weighted by molar-refractivity contribution is -0.0792. The normalized spacial score (nSPS) is 26.8. The predicted molar refractivity (Wildman–Crippen MR) is 72.5 cm³/mol. The molecule has 0 radical (unpaired) electrons. The molecule has 5 heteroatoms. The molecule has 4 nitrogen and oxygen atoms in total. The number of hydrogen-bond donors (Lipinski definition) is 1. The van der Waals surface area contributed by atoms with Gasteiger partial charge in [-0.05, 0) is 37.0 Å². The van der Waals surface area contributed by atoms with Crippen molar-refractivity contribution in [2.75, 3.05) is 6.54 Å². The average molecular weight is 281 g/mol. The molecule has 1 fully saturated rings. The highest BCUT2D eigenvalue weighted by atomic mass is 35.5. The van der Waals surface area contributed by atoms with Crippen molar-refractivity contribution in [1.29, 1.82) is 0 Å². The summed E-state index contributed by atoms with van der Waals surface area (Å²) in [5.41, 5.74) is 2.23. The minimum Gasteiger partial charge on any atom is -0.368 e. The summed E-state index contributed by atoms with van der Waals surface area (Å²) in [6.45, 7) is 1.77. The predicted octanol–water partition coefficient (Wildman–Crippen LogP) is 2.32. The Hall–Kier alpha value is -1.10. The lowest BCUT2D eigenvalue weighted by atomic mass is 10.1. The van der Waals surface area contributed by atoms with Gasteiger partial charge in [0.05, 0.1) is 0 Å². The van der Waals surface area contributed by atoms with Gasteiger partial charge in [-0.2, -0.15) is 0 Å². The van der Waals surface area contributed by atoms with Gasteiger partial charge < -0.3 is 14.7 Å². The Kier molecular flexibility index (Phi) is 3.73. The lowest BCUT2D eigenvalue weighted by Crippen LogP contribution is -2.27. The number of rotatable bonds is 2. The second-order valence-corrected chi connectivity index (χ2v) is 5.40. The smallest absolute Gasteiger partial charge is 0.177 e. The number of halogens is 1. The fourth-order valence-electron chi connectivity index (χ4n) is 2.71. The minimum absolute atomic E-state index is 0.0396. The van der Waals surface area contributed by atoms with E-state index in [2.05, 4.69) is 9.88 Å². The Labute approximate surface area is 117 Å². The van der Waals surface area contributed by atoms with Crippen LogP contribution < -0.4 is 0 Å². The van der Waals surface area contributed by atoms with Crippen molar-refractivity contribution in [3.63, 3.8) is 0 Å². The van der Waals surface area contributed by atoms with Crippen molar-refractivity contribution in [2.24, 2.45) is 0 Å². The average Bonchev–Trinajstić information content (AvgIpc) is 2.67. The fraction of sp³-hybridized carbons (Fsp3) is 0.500. The van der Waals surface area contributed by atoms with Crippen LogP contribution >= 0.6 is 11.6 Å². The number of nitrogens with zero attached hydrogens (tertiary/aromatic N) is 2. The van der Waals surface area contributed by atoms with Gasteiger partial charge in [0, 0.05) is 25.0 Å². The van der Waals surface area contributed by atoms with E-state index >= 15 is 0 Å². The third-order valence-electron chi connectivity index (χ3n) is 3.62. The van der Waals surface area contributed by atoms with E-state index < -0.39 is 6.29 Å². The van der Waals surface area contributed by atoms with Crippen LogP contribution in [-0.2, 0) is 11.3 Å². The molecule has 1 N–H and O–H groups in total. The lowest BCUT2D eigenvalue weighted by Gasteiger charge is -2.26. The van der Waals surface area contributed by atoms with Crippen molar-refractivity contribution in [1.82, 2.24) is 9.88 Å². The molecule has 0 saturated carbocycles. The monoisotopic (exact) mass is 280 g/mol. The number of ether oxygens (including phenoxy) is 1. The molecule has 0 aliphatic carbocycles. The van der Waals surface area contributed by atoms with Crippen LogP contribution in [0.15, 0.2) is 30.1 Å². The van der Waals surface area contributed by atoms with Gasteiger partial charge in [-0.3, -0.25) is 0 Å². The number of pyridine rings is 1. The van der Waals surface area contributed by atoms with Gasteiger partial charge in [-0.15, -0.1) is 0 Å². The summed E-state index contributed by atoms with van der Waals surface area (Å²) in [5, 5.41) is 10.1. The Bertz CT molecular complexity index is 475. The highest BCUT2D eigenvalue weighted by molar-refractivity contribution is 6.29. The van der Waals surface area contributed by atoms with Crippen molar-refractivity contribution in [2.45, 2.75) is 38.2 Å². The van der Waals surface area contributed by atoms with Gasteiger partial charge in [0.2, 0.25) is 0 Å². The van der Waals surface area contributed by atoms with Crippen LogP contribution in [0.1, 0.15) is 24.8 Å². The number of aromatic nitrogens is 1. The van der Waals surface area contributed by atoms with E-state index in [4.69, 9.17) is 16.3 Å². The summed E-state index contributed by atoms with van der Waals surface area (Å²) in [4.78, 5) is 6.38. The molecule has 1 saturated heterocycles. The minimum atomic E-state index is -0.760. The van der Waals surface area contributed by atoms with E-state index in [1.54, 1.807) is 12.3 Å². The number of hydrogen-bond acceptors (Lipinski definition) is 4. The summed E-state index contributed by atoms with van der Waals surface area (Å²) in [6, 6.07) is 3.79. The maximum absolute atomic E-state index is 9.62. The third kappa shape index (κ3) is 2.91. The summed E-state index contributed by atoms with van der Waals surface area (Å²) >= 11 is 5.80. The summed E-state index contributed by atoms with van der Waals surface area (Å²) < 4.78 is 5.52. The first-order valence-electron chi connectivity index (χ1n) is 6.63. The first kappa shape index (κ1) is 12.9. The molecule has 2 aliphatic rings. The van der Waals surface area contributed by atoms with E-state index in [0.29, 0.717) is 5.15 Å². The molecule has 19 heavy (non-hydrogen) atoms. The molecule has 0 aromatic carbocycles. The van der Waals surface area contributed by atoms with Crippen molar-refractivity contribution >= 4 is 11.6 Å². The summed E-state index contributed by atoms with van der Waals surface area (Å²) in [6.07, 6.45) is 6.16. The molecular formula is C14H17ClN2O2. The molecule has 0 spiro atoms. The Morgan fingerprint density at radius 1 is 1.42 bits per heavy atom. The van der Waals surface area contributed by atoms with E-state index in [9.17, 15) is 5.11 Å². The first-order valence-corrected chi connectivity index (χ1v) is 7.01. The zero-order valence-corrected chi connectivity index (χ0v) is 11.4. The highest BCUT2D eigenvalue weighted by Crippen LogP contribution is 2.30. The molecule has 102 valence electrons. The molecule has 2 atom stereocenters. The molecule has 0 bridgehead atoms. The first-order chi connectivity index (χ1) is 9.22. The van der Waals surface area contributed by atoms with E-state index in [0.717, 1.165) is 43.6 Å². The van der Waals surface area contributed by atoms with Gasteiger partial charge in [-0.1, -0.05) is 17.7 Å². The Balaban J connectivity index is 1.78. The quantitative estimate of drug-likeness (QED) is 0.845. The van der Waals surface area contributed by atoms with Crippen molar-refractivity contribution in [3.05, 3.63) is 40.8 Å². The van der Waals surface area contributed by atoms with Gasteiger partial charge >= 0.3 is 0 Å². The second-order valence-electron chi connectivity index (χ2n) is 5.01. The number of aliphatic hydroxyl groups is 1.